The third-order valence-electron chi connectivity index (χ3n) is 7.29. The number of halogens is 1. The first-order valence-corrected chi connectivity index (χ1v) is 11.2. The molecule has 164 valence electrons. The number of rotatable bonds is 6. The third kappa shape index (κ3) is 4.50. The molecule has 0 aliphatic heterocycles. The number of aryl methyl sites for hydroxylation is 1. The van der Waals surface area contributed by atoms with Crippen LogP contribution in [-0.2, 0) is 16.0 Å². The number of amides is 2. The minimum atomic E-state index is -0.314. The van der Waals surface area contributed by atoms with E-state index in [1.807, 2.05) is 0 Å². The summed E-state index contributed by atoms with van der Waals surface area (Å²) in [4.78, 5) is 28.8. The standard InChI is InChI=1S/C24H28FN3O3/c25-19-3-1-18(2-4-19)20-14-26-23(31-20)6-5-21(29)27-28-22(30)13-24-10-15-7-16(11-24)9-17(8-15)12-24/h1-4,14-17H,5-13H2,(H,27,29)(H,28,30). The van der Waals surface area contributed by atoms with Crippen LogP contribution in [0.2, 0.25) is 0 Å². The minimum absolute atomic E-state index is 0.0926. The molecule has 2 aromatic rings. The molecule has 6 rings (SSSR count). The first kappa shape index (κ1) is 20.2. The monoisotopic (exact) mass is 425 g/mol. The molecule has 4 aliphatic carbocycles. The molecule has 0 unspecified atom stereocenters. The summed E-state index contributed by atoms with van der Waals surface area (Å²) in [5.41, 5.74) is 6.01. The van der Waals surface area contributed by atoms with Gasteiger partial charge in [0.2, 0.25) is 11.8 Å². The second kappa shape index (κ2) is 8.09. The van der Waals surface area contributed by atoms with Gasteiger partial charge in [-0.15, -0.1) is 0 Å². The summed E-state index contributed by atoms with van der Waals surface area (Å²) in [5.74, 6) is 2.67. The molecule has 0 saturated heterocycles. The number of hydrazine groups is 1. The molecule has 7 heteroatoms. The first-order chi connectivity index (χ1) is 15.0. The fourth-order valence-electron chi connectivity index (χ4n) is 6.49. The van der Waals surface area contributed by atoms with Crippen LogP contribution < -0.4 is 10.9 Å². The molecular formula is C24H28FN3O3. The maximum absolute atomic E-state index is 13.0. The van der Waals surface area contributed by atoms with Crippen molar-refractivity contribution < 1.29 is 18.4 Å². The number of oxazole rings is 1. The highest BCUT2D eigenvalue weighted by Gasteiger charge is 2.51. The SMILES string of the molecule is O=C(CCc1ncc(-c2ccc(F)cc2)o1)NNC(=O)CC12CC3CC(CC(C3)C1)C2. The second-order valence-electron chi connectivity index (χ2n) is 9.82. The van der Waals surface area contributed by atoms with Crippen molar-refractivity contribution in [1.29, 1.82) is 0 Å². The molecule has 4 saturated carbocycles. The maximum Gasteiger partial charge on any atom is 0.238 e. The highest BCUT2D eigenvalue weighted by atomic mass is 19.1. The quantitative estimate of drug-likeness (QED) is 0.681. The van der Waals surface area contributed by atoms with Crippen LogP contribution in [0.5, 0.6) is 0 Å². The molecule has 2 N–H and O–H groups in total. The molecule has 1 aromatic heterocycles. The summed E-state index contributed by atoms with van der Waals surface area (Å²) in [7, 11) is 0. The number of carbonyl (C=O) groups excluding carboxylic acids is 2. The topological polar surface area (TPSA) is 84.2 Å². The Morgan fingerprint density at radius 2 is 1.61 bits per heavy atom. The van der Waals surface area contributed by atoms with Crippen molar-refractivity contribution in [2.75, 3.05) is 0 Å². The summed E-state index contributed by atoms with van der Waals surface area (Å²) >= 11 is 0. The number of aromatic nitrogens is 1. The van der Waals surface area contributed by atoms with Gasteiger partial charge in [0, 0.05) is 24.8 Å². The summed E-state index contributed by atoms with van der Waals surface area (Å²) in [6, 6.07) is 5.95. The van der Waals surface area contributed by atoms with Gasteiger partial charge >= 0.3 is 0 Å². The number of benzene rings is 1. The zero-order valence-electron chi connectivity index (χ0n) is 17.5. The van der Waals surface area contributed by atoms with Crippen molar-refractivity contribution in [2.24, 2.45) is 23.2 Å². The molecule has 4 bridgehead atoms. The van der Waals surface area contributed by atoms with Crippen LogP contribution in [0.1, 0.15) is 57.3 Å². The summed E-state index contributed by atoms with van der Waals surface area (Å²) in [6.07, 6.45) is 10.1. The Balaban J connectivity index is 1.07. The van der Waals surface area contributed by atoms with Crippen molar-refractivity contribution in [1.82, 2.24) is 15.8 Å². The maximum atomic E-state index is 13.0. The van der Waals surface area contributed by atoms with Crippen LogP contribution in [0.15, 0.2) is 34.9 Å². The highest BCUT2D eigenvalue weighted by molar-refractivity contribution is 5.82. The van der Waals surface area contributed by atoms with Crippen LogP contribution in [-0.4, -0.2) is 16.8 Å². The van der Waals surface area contributed by atoms with Gasteiger partial charge in [-0.3, -0.25) is 20.4 Å². The smallest absolute Gasteiger partial charge is 0.238 e. The molecule has 1 heterocycles. The highest BCUT2D eigenvalue weighted by Crippen LogP contribution is 2.61. The molecule has 4 fully saturated rings. The molecule has 2 amide bonds. The van der Waals surface area contributed by atoms with E-state index < -0.39 is 0 Å². The van der Waals surface area contributed by atoms with E-state index in [4.69, 9.17) is 4.42 Å². The van der Waals surface area contributed by atoms with Crippen molar-refractivity contribution in [2.45, 2.75) is 57.8 Å². The van der Waals surface area contributed by atoms with E-state index in [0.29, 0.717) is 24.5 Å². The van der Waals surface area contributed by atoms with E-state index in [9.17, 15) is 14.0 Å². The van der Waals surface area contributed by atoms with E-state index >= 15 is 0 Å². The Bertz CT molecular complexity index is 933. The lowest BCUT2D eigenvalue weighted by Gasteiger charge is -2.56. The largest absolute Gasteiger partial charge is 0.441 e. The summed E-state index contributed by atoms with van der Waals surface area (Å²) < 4.78 is 18.7. The molecule has 0 spiro atoms. The van der Waals surface area contributed by atoms with E-state index in [0.717, 1.165) is 23.3 Å². The zero-order chi connectivity index (χ0) is 21.4. The van der Waals surface area contributed by atoms with Gasteiger partial charge in [-0.1, -0.05) is 0 Å². The second-order valence-corrected chi connectivity index (χ2v) is 9.82. The van der Waals surface area contributed by atoms with Gasteiger partial charge in [-0.25, -0.2) is 9.37 Å². The Labute approximate surface area is 181 Å². The molecule has 1 aromatic carbocycles. The van der Waals surface area contributed by atoms with Gasteiger partial charge in [0.05, 0.1) is 6.20 Å². The van der Waals surface area contributed by atoms with Crippen molar-refractivity contribution in [3.8, 4) is 11.3 Å². The number of nitrogens with one attached hydrogen (secondary N) is 2. The predicted octanol–water partition coefficient (Wildman–Crippen LogP) is 4.17. The number of hydrogen-bond acceptors (Lipinski definition) is 4. The van der Waals surface area contributed by atoms with Crippen molar-refractivity contribution >= 4 is 11.8 Å². The van der Waals surface area contributed by atoms with Gasteiger partial charge in [0.25, 0.3) is 0 Å². The summed E-state index contributed by atoms with van der Waals surface area (Å²) in [5, 5.41) is 0. The van der Waals surface area contributed by atoms with Crippen molar-refractivity contribution in [3.63, 3.8) is 0 Å². The molecule has 4 aliphatic rings. The van der Waals surface area contributed by atoms with Crippen LogP contribution >= 0.6 is 0 Å². The van der Waals surface area contributed by atoms with Gasteiger partial charge < -0.3 is 4.42 Å². The van der Waals surface area contributed by atoms with Crippen LogP contribution in [0, 0.1) is 29.0 Å². The molecule has 6 nitrogen and oxygen atoms in total. The van der Waals surface area contributed by atoms with Gasteiger partial charge in [0.15, 0.2) is 11.7 Å². The lowest BCUT2D eigenvalue weighted by atomic mass is 9.49. The number of carbonyl (C=O) groups is 2. The van der Waals surface area contributed by atoms with Gasteiger partial charge in [-0.05, 0) is 86.0 Å². The zero-order valence-corrected chi connectivity index (χ0v) is 17.5. The van der Waals surface area contributed by atoms with Crippen molar-refractivity contribution in [3.05, 3.63) is 42.2 Å². The first-order valence-electron chi connectivity index (χ1n) is 11.2. The average Bonchev–Trinajstić information content (AvgIpc) is 3.19. The average molecular weight is 426 g/mol. The molecular weight excluding hydrogens is 397 g/mol. The summed E-state index contributed by atoms with van der Waals surface area (Å²) in [6.45, 7) is 0. The lowest BCUT2D eigenvalue weighted by Crippen LogP contribution is -2.50. The third-order valence-corrected chi connectivity index (χ3v) is 7.29. The van der Waals surface area contributed by atoms with Crippen LogP contribution in [0.25, 0.3) is 11.3 Å². The fraction of sp³-hybridized carbons (Fsp3) is 0.542. The van der Waals surface area contributed by atoms with E-state index in [2.05, 4.69) is 15.8 Å². The molecule has 0 radical (unpaired) electrons. The van der Waals surface area contributed by atoms with Gasteiger partial charge in [-0.2, -0.15) is 0 Å². The Morgan fingerprint density at radius 1 is 1.00 bits per heavy atom. The van der Waals surface area contributed by atoms with Crippen LogP contribution in [0.3, 0.4) is 0 Å². The number of nitrogens with zero attached hydrogens (tertiary/aromatic N) is 1. The Kier molecular flexibility index (Phi) is 5.28. The van der Waals surface area contributed by atoms with Gasteiger partial charge in [0.1, 0.15) is 5.82 Å². The normalized spacial score (nSPS) is 28.5. The predicted molar refractivity (Wildman–Crippen MR) is 112 cm³/mol. The molecule has 31 heavy (non-hydrogen) atoms. The van der Waals surface area contributed by atoms with E-state index in [1.54, 1.807) is 18.3 Å². The Morgan fingerprint density at radius 3 is 2.26 bits per heavy atom. The number of hydrogen-bond donors (Lipinski definition) is 2. The Hall–Kier alpha value is -2.70. The van der Waals surface area contributed by atoms with E-state index in [1.165, 1.54) is 50.7 Å². The van der Waals surface area contributed by atoms with E-state index in [-0.39, 0.29) is 29.5 Å². The lowest BCUT2D eigenvalue weighted by molar-refractivity contribution is -0.134. The fourth-order valence-corrected chi connectivity index (χ4v) is 6.49. The molecule has 0 atom stereocenters. The van der Waals surface area contributed by atoms with Crippen LogP contribution in [0.4, 0.5) is 4.39 Å². The minimum Gasteiger partial charge on any atom is -0.441 e.